The van der Waals surface area contributed by atoms with Gasteiger partial charge in [0.25, 0.3) is 0 Å². The molecule has 1 aliphatic rings. The third-order valence-electron chi connectivity index (χ3n) is 2.55. The monoisotopic (exact) mass is 229 g/mol. The second-order valence-corrected chi connectivity index (χ2v) is 4.73. The van der Waals surface area contributed by atoms with Gasteiger partial charge in [0.1, 0.15) is 4.88 Å². The van der Waals surface area contributed by atoms with E-state index in [0.717, 1.165) is 11.4 Å². The zero-order valence-corrected chi connectivity index (χ0v) is 9.49. The molecule has 1 aliphatic heterocycles. The van der Waals surface area contributed by atoms with Crippen molar-refractivity contribution in [2.24, 2.45) is 0 Å². The first kappa shape index (κ1) is 10.6. The first-order valence-electron chi connectivity index (χ1n) is 4.70. The van der Waals surface area contributed by atoms with E-state index in [1.54, 1.807) is 0 Å². The highest BCUT2D eigenvalue weighted by Gasteiger charge is 2.26. The number of fused-ring (bicyclic) bond motifs is 1. The Morgan fingerprint density at radius 3 is 3.00 bits per heavy atom. The van der Waals surface area contributed by atoms with Gasteiger partial charge >= 0.3 is 5.97 Å². The smallest absolute Gasteiger partial charge is 0.351 e. The molecule has 1 aromatic heterocycles. The summed E-state index contributed by atoms with van der Waals surface area (Å²) in [4.78, 5) is 14.4. The Kier molecular flexibility index (Phi) is 2.75. The Morgan fingerprint density at radius 1 is 1.60 bits per heavy atom. The lowest BCUT2D eigenvalue weighted by Crippen LogP contribution is -2.25. The SMILES string of the molecule is COC(=O)c1sc2c(c1F)CCN(C)C2. The van der Waals surface area contributed by atoms with Gasteiger partial charge in [-0.25, -0.2) is 9.18 Å². The van der Waals surface area contributed by atoms with E-state index in [-0.39, 0.29) is 10.7 Å². The number of rotatable bonds is 1. The molecule has 3 nitrogen and oxygen atoms in total. The molecular formula is C10H12FNO2S. The molecule has 2 heterocycles. The molecule has 0 unspecified atom stereocenters. The maximum atomic E-state index is 13.8. The molecule has 0 atom stereocenters. The van der Waals surface area contributed by atoms with E-state index in [2.05, 4.69) is 9.64 Å². The largest absolute Gasteiger partial charge is 0.465 e. The maximum absolute atomic E-state index is 13.8. The van der Waals surface area contributed by atoms with Crippen molar-refractivity contribution in [1.82, 2.24) is 4.90 Å². The van der Waals surface area contributed by atoms with E-state index < -0.39 is 5.97 Å². The van der Waals surface area contributed by atoms with Crippen molar-refractivity contribution in [1.29, 1.82) is 0 Å². The molecule has 5 heteroatoms. The summed E-state index contributed by atoms with van der Waals surface area (Å²) < 4.78 is 18.3. The van der Waals surface area contributed by atoms with E-state index in [9.17, 15) is 9.18 Å². The highest BCUT2D eigenvalue weighted by Crippen LogP contribution is 2.31. The van der Waals surface area contributed by atoms with Gasteiger partial charge in [-0.3, -0.25) is 0 Å². The summed E-state index contributed by atoms with van der Waals surface area (Å²) in [7, 11) is 3.25. The van der Waals surface area contributed by atoms with Crippen LogP contribution in [-0.2, 0) is 17.7 Å². The predicted octanol–water partition coefficient (Wildman–Crippen LogP) is 1.66. The number of likely N-dealkylation sites (N-methyl/N-ethyl adjacent to an activating group) is 1. The normalized spacial score (nSPS) is 16.2. The number of halogens is 1. The standard InChI is InChI=1S/C10H12FNO2S/c1-12-4-3-6-7(5-12)15-9(8(6)11)10(13)14-2/h3-5H2,1-2H3. The molecular weight excluding hydrogens is 217 g/mol. The molecule has 82 valence electrons. The Labute approximate surface area is 91.5 Å². The third-order valence-corrected chi connectivity index (χ3v) is 3.73. The molecule has 0 aromatic carbocycles. The minimum atomic E-state index is -0.574. The molecule has 0 spiro atoms. The lowest BCUT2D eigenvalue weighted by Gasteiger charge is -2.21. The zero-order valence-electron chi connectivity index (χ0n) is 8.67. The molecule has 0 fully saturated rings. The summed E-state index contributed by atoms with van der Waals surface area (Å²) in [6, 6.07) is 0. The highest BCUT2D eigenvalue weighted by atomic mass is 32.1. The average molecular weight is 229 g/mol. The first-order valence-corrected chi connectivity index (χ1v) is 5.52. The summed E-state index contributed by atoms with van der Waals surface area (Å²) in [6.07, 6.45) is 0.672. The Bertz CT molecular complexity index is 402. The molecule has 0 bridgehead atoms. The van der Waals surface area contributed by atoms with Gasteiger partial charge in [-0.2, -0.15) is 0 Å². The number of hydrogen-bond acceptors (Lipinski definition) is 4. The van der Waals surface area contributed by atoms with Crippen LogP contribution in [0.1, 0.15) is 20.1 Å². The van der Waals surface area contributed by atoms with Crippen LogP contribution >= 0.6 is 11.3 Å². The molecule has 0 aliphatic carbocycles. The van der Waals surface area contributed by atoms with E-state index in [0.29, 0.717) is 18.5 Å². The van der Waals surface area contributed by atoms with Crippen molar-refractivity contribution in [3.05, 3.63) is 21.1 Å². The van der Waals surface area contributed by atoms with Gasteiger partial charge in [0.15, 0.2) is 5.82 Å². The zero-order chi connectivity index (χ0) is 11.0. The fourth-order valence-corrected chi connectivity index (χ4v) is 2.94. The summed E-state index contributed by atoms with van der Waals surface area (Å²) in [5.41, 5.74) is 0.693. The second kappa shape index (κ2) is 3.90. The lowest BCUT2D eigenvalue weighted by molar-refractivity contribution is 0.0601. The van der Waals surface area contributed by atoms with Crippen LogP contribution in [0.4, 0.5) is 4.39 Å². The Morgan fingerprint density at radius 2 is 2.33 bits per heavy atom. The molecule has 0 radical (unpaired) electrons. The van der Waals surface area contributed by atoms with Gasteiger partial charge in [0.2, 0.25) is 0 Å². The van der Waals surface area contributed by atoms with Gasteiger partial charge in [-0.05, 0) is 13.5 Å². The van der Waals surface area contributed by atoms with Crippen molar-refractivity contribution in [3.63, 3.8) is 0 Å². The molecule has 1 aromatic rings. The van der Waals surface area contributed by atoms with Crippen LogP contribution < -0.4 is 0 Å². The van der Waals surface area contributed by atoms with Gasteiger partial charge in [-0.1, -0.05) is 0 Å². The van der Waals surface area contributed by atoms with Crippen LogP contribution in [-0.4, -0.2) is 31.6 Å². The van der Waals surface area contributed by atoms with Crippen molar-refractivity contribution < 1.29 is 13.9 Å². The minimum Gasteiger partial charge on any atom is -0.465 e. The van der Waals surface area contributed by atoms with E-state index in [1.165, 1.54) is 18.4 Å². The molecule has 0 N–H and O–H groups in total. The maximum Gasteiger partial charge on any atom is 0.351 e. The van der Waals surface area contributed by atoms with Crippen LogP contribution in [0.5, 0.6) is 0 Å². The quantitative estimate of drug-likeness (QED) is 0.686. The fourth-order valence-electron chi connectivity index (χ4n) is 1.72. The van der Waals surface area contributed by atoms with E-state index >= 15 is 0 Å². The average Bonchev–Trinajstić information content (AvgIpc) is 2.54. The van der Waals surface area contributed by atoms with Gasteiger partial charge in [0, 0.05) is 23.5 Å². The third kappa shape index (κ3) is 1.77. The van der Waals surface area contributed by atoms with Crippen molar-refractivity contribution in [2.45, 2.75) is 13.0 Å². The highest BCUT2D eigenvalue weighted by molar-refractivity contribution is 7.14. The van der Waals surface area contributed by atoms with Crippen LogP contribution in [0.15, 0.2) is 0 Å². The molecule has 0 amide bonds. The molecule has 0 saturated heterocycles. The Balaban J connectivity index is 2.40. The number of ether oxygens (including phenoxy) is 1. The first-order chi connectivity index (χ1) is 7.13. The van der Waals surface area contributed by atoms with Crippen LogP contribution in [0, 0.1) is 5.82 Å². The topological polar surface area (TPSA) is 29.5 Å². The summed E-state index contributed by atoms with van der Waals surface area (Å²) in [6.45, 7) is 1.55. The van der Waals surface area contributed by atoms with Gasteiger partial charge in [0.05, 0.1) is 7.11 Å². The second-order valence-electron chi connectivity index (χ2n) is 3.63. The minimum absolute atomic E-state index is 0.109. The molecule has 15 heavy (non-hydrogen) atoms. The van der Waals surface area contributed by atoms with E-state index in [1.807, 2.05) is 7.05 Å². The number of methoxy groups -OCH3 is 1. The number of carbonyl (C=O) groups excluding carboxylic acids is 1. The molecule has 2 rings (SSSR count). The summed E-state index contributed by atoms with van der Waals surface area (Å²) in [5, 5.41) is 0. The van der Waals surface area contributed by atoms with Crippen LogP contribution in [0.25, 0.3) is 0 Å². The number of hydrogen-bond donors (Lipinski definition) is 0. The van der Waals surface area contributed by atoms with Crippen molar-refractivity contribution in [2.75, 3.05) is 20.7 Å². The van der Waals surface area contributed by atoms with Crippen molar-refractivity contribution >= 4 is 17.3 Å². The number of esters is 1. The number of carbonyl (C=O) groups is 1. The van der Waals surface area contributed by atoms with Crippen LogP contribution in [0.2, 0.25) is 0 Å². The van der Waals surface area contributed by atoms with Gasteiger partial charge < -0.3 is 9.64 Å². The van der Waals surface area contributed by atoms with E-state index in [4.69, 9.17) is 0 Å². The Hall–Kier alpha value is -0.940. The number of thiophene rings is 1. The predicted molar refractivity (Wildman–Crippen MR) is 55.7 cm³/mol. The van der Waals surface area contributed by atoms with Gasteiger partial charge in [-0.15, -0.1) is 11.3 Å². The molecule has 0 saturated carbocycles. The number of nitrogens with zero attached hydrogens (tertiary/aromatic N) is 1. The summed E-state index contributed by atoms with van der Waals surface area (Å²) in [5.74, 6) is -0.954. The van der Waals surface area contributed by atoms with Crippen LogP contribution in [0.3, 0.4) is 0 Å². The van der Waals surface area contributed by atoms with Crippen molar-refractivity contribution in [3.8, 4) is 0 Å². The lowest BCUT2D eigenvalue weighted by atomic mass is 10.1. The summed E-state index contributed by atoms with van der Waals surface area (Å²) >= 11 is 1.21. The fraction of sp³-hybridized carbons (Fsp3) is 0.500.